The predicted octanol–water partition coefficient (Wildman–Crippen LogP) is 3.64. The molecular formula is C19H22N2O. The van der Waals surface area contributed by atoms with Crippen molar-refractivity contribution >= 4 is 10.9 Å². The molecule has 6 rings (SSSR count). The fraction of sp³-hybridized carbons (Fsp3) is 0.579. The van der Waals surface area contributed by atoms with Crippen LogP contribution in [0.15, 0.2) is 24.3 Å². The molecule has 1 spiro atoms. The lowest BCUT2D eigenvalue weighted by atomic mass is 9.63. The first-order valence-corrected chi connectivity index (χ1v) is 8.85. The van der Waals surface area contributed by atoms with Crippen molar-refractivity contribution in [3.8, 4) is 0 Å². The molecule has 2 saturated heterocycles. The minimum Gasteiger partial charge on any atom is -0.358 e. The zero-order valence-corrected chi connectivity index (χ0v) is 12.9. The highest BCUT2D eigenvalue weighted by Crippen LogP contribution is 2.61. The van der Waals surface area contributed by atoms with Crippen LogP contribution < -0.4 is 0 Å². The number of hydrogen-bond donors (Lipinski definition) is 0. The second-order valence-corrected chi connectivity index (χ2v) is 7.68. The highest BCUT2D eigenvalue weighted by Gasteiger charge is 2.55. The third-order valence-electron chi connectivity index (χ3n) is 6.81. The molecule has 0 aliphatic carbocycles. The number of fused-ring (bicyclic) bond motifs is 5. The Kier molecular flexibility index (Phi) is 2.18. The average molecular weight is 294 g/mol. The van der Waals surface area contributed by atoms with Crippen molar-refractivity contribution in [3.05, 3.63) is 35.5 Å². The molecule has 0 amide bonds. The highest BCUT2D eigenvalue weighted by atomic mass is 16.5. The third kappa shape index (κ3) is 1.27. The maximum atomic E-state index is 6.24. The van der Waals surface area contributed by atoms with E-state index in [-0.39, 0.29) is 6.23 Å². The van der Waals surface area contributed by atoms with Gasteiger partial charge in [0, 0.05) is 30.7 Å². The predicted molar refractivity (Wildman–Crippen MR) is 85.8 cm³/mol. The van der Waals surface area contributed by atoms with Crippen molar-refractivity contribution in [2.45, 2.75) is 44.4 Å². The van der Waals surface area contributed by atoms with Gasteiger partial charge in [-0.3, -0.25) is 4.90 Å². The molecule has 0 radical (unpaired) electrons. The second kappa shape index (κ2) is 3.95. The normalized spacial score (nSPS) is 36.4. The smallest absolute Gasteiger partial charge is 0.134 e. The molecule has 22 heavy (non-hydrogen) atoms. The average Bonchev–Trinajstić information content (AvgIpc) is 2.89. The number of nitrogens with zero attached hydrogens (tertiary/aromatic N) is 2. The number of benzene rings is 1. The quantitative estimate of drug-likeness (QED) is 0.738. The van der Waals surface area contributed by atoms with E-state index < -0.39 is 0 Å². The highest BCUT2D eigenvalue weighted by molar-refractivity contribution is 5.86. The van der Waals surface area contributed by atoms with Crippen molar-refractivity contribution in [1.82, 2.24) is 9.47 Å². The zero-order valence-electron chi connectivity index (χ0n) is 12.9. The van der Waals surface area contributed by atoms with Crippen LogP contribution in [0.2, 0.25) is 0 Å². The summed E-state index contributed by atoms with van der Waals surface area (Å²) in [5.41, 5.74) is 5.13. The number of hydrogen-bond acceptors (Lipinski definition) is 2. The second-order valence-electron chi connectivity index (χ2n) is 7.68. The van der Waals surface area contributed by atoms with Gasteiger partial charge in [-0.15, -0.1) is 0 Å². The topological polar surface area (TPSA) is 17.4 Å². The molecule has 114 valence electrons. The first kappa shape index (κ1) is 12.1. The third-order valence-corrected chi connectivity index (χ3v) is 6.81. The molecule has 0 saturated carbocycles. The van der Waals surface area contributed by atoms with Gasteiger partial charge in [0.1, 0.15) is 6.23 Å². The molecule has 3 nitrogen and oxygen atoms in total. The fourth-order valence-electron chi connectivity index (χ4n) is 6.02. The fourth-order valence-corrected chi connectivity index (χ4v) is 6.02. The zero-order chi connectivity index (χ0) is 14.3. The van der Waals surface area contributed by atoms with E-state index in [1.165, 1.54) is 56.1 Å². The summed E-state index contributed by atoms with van der Waals surface area (Å²) in [7, 11) is 0. The molecule has 5 heterocycles. The van der Waals surface area contributed by atoms with Crippen molar-refractivity contribution in [1.29, 1.82) is 0 Å². The van der Waals surface area contributed by atoms with Gasteiger partial charge < -0.3 is 9.30 Å². The van der Waals surface area contributed by atoms with Crippen molar-refractivity contribution in [3.63, 3.8) is 0 Å². The summed E-state index contributed by atoms with van der Waals surface area (Å²) in [6.45, 7) is 3.48. The molecule has 0 N–H and O–H groups in total. The van der Waals surface area contributed by atoms with E-state index in [0.29, 0.717) is 11.5 Å². The van der Waals surface area contributed by atoms with Gasteiger partial charge in [0.15, 0.2) is 0 Å². The molecule has 2 aromatic rings. The van der Waals surface area contributed by atoms with Gasteiger partial charge in [0.2, 0.25) is 0 Å². The maximum Gasteiger partial charge on any atom is 0.134 e. The lowest BCUT2D eigenvalue weighted by Gasteiger charge is -2.58. The van der Waals surface area contributed by atoms with Crippen LogP contribution in [0.3, 0.4) is 0 Å². The summed E-state index contributed by atoms with van der Waals surface area (Å²) in [4.78, 5) is 2.79. The standard InChI is InChI=1S/C19H22N2O/c1-2-5-15-13(4-1)14-6-10-20-9-3-7-19-8-11-22-16(12-19)21(15)17(14)18(19)20/h1-2,4-5,16,18H,3,6-12H2/t16-,18-,19+/m0/s1. The molecule has 2 fully saturated rings. The van der Waals surface area contributed by atoms with Gasteiger partial charge in [-0.2, -0.15) is 0 Å². The Labute approximate surface area is 130 Å². The summed E-state index contributed by atoms with van der Waals surface area (Å²) in [5, 5.41) is 1.48. The van der Waals surface area contributed by atoms with E-state index in [1.54, 1.807) is 11.3 Å². The van der Waals surface area contributed by atoms with Crippen LogP contribution in [-0.2, 0) is 11.2 Å². The number of ether oxygens (including phenoxy) is 1. The number of aromatic nitrogens is 1. The largest absolute Gasteiger partial charge is 0.358 e. The van der Waals surface area contributed by atoms with Crippen LogP contribution in [0.4, 0.5) is 0 Å². The van der Waals surface area contributed by atoms with Gasteiger partial charge in [-0.25, -0.2) is 0 Å². The van der Waals surface area contributed by atoms with E-state index in [2.05, 4.69) is 33.7 Å². The van der Waals surface area contributed by atoms with Crippen LogP contribution in [0.25, 0.3) is 10.9 Å². The van der Waals surface area contributed by atoms with Gasteiger partial charge in [0.25, 0.3) is 0 Å². The first-order valence-electron chi connectivity index (χ1n) is 8.85. The van der Waals surface area contributed by atoms with E-state index in [4.69, 9.17) is 4.74 Å². The maximum absolute atomic E-state index is 6.24. The van der Waals surface area contributed by atoms with Crippen LogP contribution in [0, 0.1) is 5.41 Å². The van der Waals surface area contributed by atoms with Gasteiger partial charge in [-0.1, -0.05) is 18.2 Å². The lowest BCUT2D eigenvalue weighted by molar-refractivity contribution is -0.156. The van der Waals surface area contributed by atoms with Crippen molar-refractivity contribution < 1.29 is 4.74 Å². The number of piperidine rings is 1. The minimum absolute atomic E-state index is 0.275. The van der Waals surface area contributed by atoms with E-state index in [9.17, 15) is 0 Å². The van der Waals surface area contributed by atoms with Gasteiger partial charge in [-0.05, 0) is 49.3 Å². The van der Waals surface area contributed by atoms with Crippen LogP contribution >= 0.6 is 0 Å². The molecule has 4 aliphatic rings. The lowest BCUT2D eigenvalue weighted by Crippen LogP contribution is -2.55. The molecule has 4 aliphatic heterocycles. The SMILES string of the molecule is c1ccc2c(c1)c1c3n2[C@@H]2C[C@@]4(CCCN(CC1)[C@@H]34)CCO2. The van der Waals surface area contributed by atoms with E-state index >= 15 is 0 Å². The number of rotatable bonds is 0. The van der Waals surface area contributed by atoms with Gasteiger partial charge >= 0.3 is 0 Å². The molecule has 3 heteroatoms. The Balaban J connectivity index is 1.73. The number of para-hydroxylation sites is 1. The van der Waals surface area contributed by atoms with E-state index in [0.717, 1.165) is 6.61 Å². The van der Waals surface area contributed by atoms with Crippen molar-refractivity contribution in [2.75, 3.05) is 19.7 Å². The van der Waals surface area contributed by atoms with E-state index in [1.807, 2.05) is 0 Å². The monoisotopic (exact) mass is 294 g/mol. The van der Waals surface area contributed by atoms with Crippen LogP contribution in [0.5, 0.6) is 0 Å². The molecular weight excluding hydrogens is 272 g/mol. The molecule has 3 atom stereocenters. The molecule has 1 aromatic heterocycles. The molecule has 2 bridgehead atoms. The first-order chi connectivity index (χ1) is 10.9. The summed E-state index contributed by atoms with van der Waals surface area (Å²) in [6, 6.07) is 9.65. The summed E-state index contributed by atoms with van der Waals surface area (Å²) in [5.74, 6) is 0. The van der Waals surface area contributed by atoms with Crippen LogP contribution in [0.1, 0.15) is 49.2 Å². The molecule has 1 aromatic carbocycles. The summed E-state index contributed by atoms with van der Waals surface area (Å²) in [6.07, 6.45) is 6.73. The minimum atomic E-state index is 0.275. The Bertz CT molecular complexity index is 775. The Morgan fingerprint density at radius 1 is 1.14 bits per heavy atom. The Hall–Kier alpha value is -1.32. The van der Waals surface area contributed by atoms with Gasteiger partial charge in [0.05, 0.1) is 11.6 Å². The molecule has 0 unspecified atom stereocenters. The Morgan fingerprint density at radius 2 is 2.09 bits per heavy atom. The van der Waals surface area contributed by atoms with Crippen molar-refractivity contribution in [2.24, 2.45) is 5.41 Å². The van der Waals surface area contributed by atoms with Crippen LogP contribution in [-0.4, -0.2) is 29.2 Å². The summed E-state index contributed by atoms with van der Waals surface area (Å²) < 4.78 is 8.82. The summed E-state index contributed by atoms with van der Waals surface area (Å²) >= 11 is 0. The Morgan fingerprint density at radius 3 is 3.09 bits per heavy atom.